The number of fused-ring (bicyclic) bond motifs is 1. The van der Waals surface area contributed by atoms with Crippen LogP contribution in [0.15, 0.2) is 17.1 Å². The number of aryl methyl sites for hydroxylation is 1. The van der Waals surface area contributed by atoms with Gasteiger partial charge in [-0.1, -0.05) is 0 Å². The quantitative estimate of drug-likeness (QED) is 0.711. The number of halogens is 1. The highest BCUT2D eigenvalue weighted by Gasteiger charge is 2.30. The van der Waals surface area contributed by atoms with Gasteiger partial charge in [0.1, 0.15) is 11.2 Å². The topological polar surface area (TPSA) is 77.3 Å². The average Bonchev–Trinajstić information content (AvgIpc) is 2.53. The van der Waals surface area contributed by atoms with Crippen molar-refractivity contribution in [1.82, 2.24) is 19.4 Å². The van der Waals surface area contributed by atoms with Crippen molar-refractivity contribution in [1.29, 1.82) is 0 Å². The van der Waals surface area contributed by atoms with Crippen LogP contribution < -0.4 is 5.56 Å². The number of rotatable bonds is 1. The maximum absolute atomic E-state index is 12.7. The molecule has 1 atom stereocenters. The summed E-state index contributed by atoms with van der Waals surface area (Å²) in [5.74, 6) is 0. The zero-order valence-electron chi connectivity index (χ0n) is 15.5. The Morgan fingerprint density at radius 1 is 1.38 bits per heavy atom. The van der Waals surface area contributed by atoms with Gasteiger partial charge in [-0.3, -0.25) is 9.36 Å². The molecule has 0 bridgehead atoms. The Balaban J connectivity index is 1.97. The fourth-order valence-electron chi connectivity index (χ4n) is 3.26. The number of likely N-dealkylation sites (tertiary alicyclic amines) is 1. The predicted octanol–water partition coefficient (Wildman–Crippen LogP) is 3.33. The maximum Gasteiger partial charge on any atom is 0.410 e. The van der Waals surface area contributed by atoms with Gasteiger partial charge in [-0.15, -0.1) is 0 Å². The van der Waals surface area contributed by atoms with E-state index in [0.29, 0.717) is 18.7 Å². The third-order valence-electron chi connectivity index (χ3n) is 4.38. The van der Waals surface area contributed by atoms with Crippen LogP contribution in [0, 0.1) is 6.92 Å². The first kappa shape index (κ1) is 18.6. The van der Waals surface area contributed by atoms with E-state index in [4.69, 9.17) is 16.3 Å². The molecule has 0 aromatic carbocycles. The van der Waals surface area contributed by atoms with Gasteiger partial charge in [-0.25, -0.2) is 9.78 Å². The summed E-state index contributed by atoms with van der Waals surface area (Å²) >= 11 is 5.96. The standard InChI is InChI=1S/C18H23ClN4O3/c1-11-8-14(24)23(15-13(11)9-20-16(19)21-15)12-6-5-7-22(10-12)17(25)26-18(2,3)4/h8-9,12H,5-7,10H2,1-4H3/t12-/m1/s1. The van der Waals surface area contributed by atoms with E-state index in [2.05, 4.69) is 9.97 Å². The molecule has 1 aliphatic rings. The molecular formula is C18H23ClN4O3. The van der Waals surface area contributed by atoms with Crippen molar-refractivity contribution in [2.24, 2.45) is 0 Å². The first-order valence-electron chi connectivity index (χ1n) is 8.68. The van der Waals surface area contributed by atoms with E-state index in [-0.39, 0.29) is 23.0 Å². The van der Waals surface area contributed by atoms with Crippen molar-refractivity contribution < 1.29 is 9.53 Å². The van der Waals surface area contributed by atoms with E-state index in [1.165, 1.54) is 0 Å². The number of carbonyl (C=O) groups is 1. The molecule has 7 nitrogen and oxygen atoms in total. The van der Waals surface area contributed by atoms with Gasteiger partial charge in [-0.05, 0) is 57.7 Å². The zero-order chi connectivity index (χ0) is 19.1. The summed E-state index contributed by atoms with van der Waals surface area (Å²) in [6.07, 6.45) is 2.83. The number of piperidine rings is 1. The van der Waals surface area contributed by atoms with Crippen LogP contribution in [-0.4, -0.2) is 44.2 Å². The Hall–Kier alpha value is -2.15. The van der Waals surface area contributed by atoms with Crippen molar-refractivity contribution in [2.75, 3.05) is 13.1 Å². The highest BCUT2D eigenvalue weighted by molar-refractivity contribution is 6.28. The summed E-state index contributed by atoms with van der Waals surface area (Å²) in [6.45, 7) is 8.36. The highest BCUT2D eigenvalue weighted by atomic mass is 35.5. The highest BCUT2D eigenvalue weighted by Crippen LogP contribution is 2.26. The molecule has 1 aliphatic heterocycles. The molecule has 3 heterocycles. The largest absolute Gasteiger partial charge is 0.444 e. The second-order valence-corrected chi connectivity index (χ2v) is 7.97. The average molecular weight is 379 g/mol. The van der Waals surface area contributed by atoms with Gasteiger partial charge in [0.2, 0.25) is 5.28 Å². The molecule has 8 heteroatoms. The fourth-order valence-corrected chi connectivity index (χ4v) is 3.39. The van der Waals surface area contributed by atoms with Crippen LogP contribution in [-0.2, 0) is 4.74 Å². The number of hydrogen-bond acceptors (Lipinski definition) is 5. The second kappa shape index (κ2) is 6.87. The van der Waals surface area contributed by atoms with Gasteiger partial charge in [-0.2, -0.15) is 4.98 Å². The fraction of sp³-hybridized carbons (Fsp3) is 0.556. The Labute approximate surface area is 156 Å². The van der Waals surface area contributed by atoms with Gasteiger partial charge < -0.3 is 9.64 Å². The molecule has 1 amide bonds. The lowest BCUT2D eigenvalue weighted by Gasteiger charge is -2.35. The molecule has 0 spiro atoms. The van der Waals surface area contributed by atoms with E-state index < -0.39 is 5.60 Å². The number of aromatic nitrogens is 3. The molecule has 0 radical (unpaired) electrons. The van der Waals surface area contributed by atoms with Crippen molar-refractivity contribution in [2.45, 2.75) is 52.2 Å². The third-order valence-corrected chi connectivity index (χ3v) is 4.57. The van der Waals surface area contributed by atoms with Crippen molar-refractivity contribution in [3.8, 4) is 0 Å². The van der Waals surface area contributed by atoms with Crippen LogP contribution >= 0.6 is 11.6 Å². The van der Waals surface area contributed by atoms with Gasteiger partial charge in [0.05, 0.1) is 6.04 Å². The number of ether oxygens (including phenoxy) is 1. The number of carbonyl (C=O) groups excluding carboxylic acids is 1. The van der Waals surface area contributed by atoms with E-state index in [1.54, 1.807) is 21.7 Å². The third kappa shape index (κ3) is 3.82. The minimum Gasteiger partial charge on any atom is -0.444 e. The van der Waals surface area contributed by atoms with Crippen molar-refractivity contribution in [3.05, 3.63) is 33.5 Å². The Morgan fingerprint density at radius 3 is 2.81 bits per heavy atom. The van der Waals surface area contributed by atoms with E-state index in [0.717, 1.165) is 23.8 Å². The van der Waals surface area contributed by atoms with Crippen LogP contribution in [0.1, 0.15) is 45.2 Å². The molecule has 26 heavy (non-hydrogen) atoms. The summed E-state index contributed by atoms with van der Waals surface area (Å²) in [4.78, 5) is 35.1. The number of nitrogens with zero attached hydrogens (tertiary/aromatic N) is 4. The van der Waals surface area contributed by atoms with Crippen molar-refractivity contribution in [3.63, 3.8) is 0 Å². The summed E-state index contributed by atoms with van der Waals surface area (Å²) in [6, 6.07) is 1.39. The van der Waals surface area contributed by atoms with Crippen LogP contribution in [0.3, 0.4) is 0 Å². The molecule has 0 saturated carbocycles. The molecule has 3 rings (SSSR count). The summed E-state index contributed by atoms with van der Waals surface area (Å²) in [7, 11) is 0. The molecule has 0 N–H and O–H groups in total. The molecule has 0 unspecified atom stereocenters. The lowest BCUT2D eigenvalue weighted by Crippen LogP contribution is -2.45. The number of hydrogen-bond donors (Lipinski definition) is 0. The predicted molar refractivity (Wildman–Crippen MR) is 99.6 cm³/mol. The normalized spacial score (nSPS) is 18.2. The van der Waals surface area contributed by atoms with Crippen molar-refractivity contribution >= 4 is 28.7 Å². The Kier molecular flexibility index (Phi) is 4.92. The van der Waals surface area contributed by atoms with E-state index in [9.17, 15) is 9.59 Å². The first-order valence-corrected chi connectivity index (χ1v) is 9.06. The lowest BCUT2D eigenvalue weighted by molar-refractivity contribution is 0.0173. The Bertz CT molecular complexity index is 904. The minimum atomic E-state index is -0.557. The van der Waals surface area contributed by atoms with Gasteiger partial charge >= 0.3 is 6.09 Å². The molecular weight excluding hydrogens is 356 g/mol. The van der Waals surface area contributed by atoms with Crippen LogP contribution in [0.4, 0.5) is 4.79 Å². The van der Waals surface area contributed by atoms with Crippen LogP contribution in [0.5, 0.6) is 0 Å². The summed E-state index contributed by atoms with van der Waals surface area (Å²) < 4.78 is 7.10. The maximum atomic E-state index is 12.7. The van der Waals surface area contributed by atoms with Gasteiger partial charge in [0.15, 0.2) is 0 Å². The minimum absolute atomic E-state index is 0.0936. The molecule has 2 aromatic rings. The summed E-state index contributed by atoms with van der Waals surface area (Å²) in [5.41, 5.74) is 0.600. The van der Waals surface area contributed by atoms with E-state index >= 15 is 0 Å². The molecule has 0 aliphatic carbocycles. The molecule has 140 valence electrons. The monoisotopic (exact) mass is 378 g/mol. The van der Waals surface area contributed by atoms with Gasteiger partial charge in [0.25, 0.3) is 5.56 Å². The number of pyridine rings is 1. The second-order valence-electron chi connectivity index (χ2n) is 7.63. The van der Waals surface area contributed by atoms with Crippen LogP contribution in [0.2, 0.25) is 5.28 Å². The molecule has 1 fully saturated rings. The Morgan fingerprint density at radius 2 is 2.12 bits per heavy atom. The first-order chi connectivity index (χ1) is 12.2. The van der Waals surface area contributed by atoms with E-state index in [1.807, 2.05) is 27.7 Å². The van der Waals surface area contributed by atoms with Gasteiger partial charge in [0, 0.05) is 30.7 Å². The zero-order valence-corrected chi connectivity index (χ0v) is 16.2. The van der Waals surface area contributed by atoms with Crippen LogP contribution in [0.25, 0.3) is 11.0 Å². The smallest absolute Gasteiger partial charge is 0.410 e. The lowest BCUT2D eigenvalue weighted by atomic mass is 10.0. The SMILES string of the molecule is Cc1cc(=O)n([C@@H]2CCCN(C(=O)OC(C)(C)C)C2)c2nc(Cl)ncc12. The molecule has 1 saturated heterocycles. The number of amides is 1. The summed E-state index contributed by atoms with van der Waals surface area (Å²) in [5, 5.41) is 0.874. The molecule has 2 aromatic heterocycles.